The number of ether oxygens (including phenoxy) is 2. The molecule has 1 atom stereocenters. The molecule has 0 aromatic heterocycles. The number of methoxy groups -OCH3 is 1. The van der Waals surface area contributed by atoms with E-state index < -0.39 is 12.0 Å². The molecule has 1 N–H and O–H groups in total. The Bertz CT molecular complexity index is 203. The molecule has 1 amide bonds. The molecule has 0 saturated heterocycles. The lowest BCUT2D eigenvalue weighted by molar-refractivity contribution is -0.145. The van der Waals surface area contributed by atoms with E-state index in [2.05, 4.69) is 10.1 Å². The lowest BCUT2D eigenvalue weighted by atomic mass is 10.3. The lowest BCUT2D eigenvalue weighted by Crippen LogP contribution is -2.41. The highest BCUT2D eigenvalue weighted by Crippen LogP contribution is 1.89. The molecule has 5 heteroatoms. The highest BCUT2D eigenvalue weighted by Gasteiger charge is 2.15. The minimum Gasteiger partial charge on any atom is -0.467 e. The van der Waals surface area contributed by atoms with Gasteiger partial charge in [-0.3, -0.25) is 4.79 Å². The number of hydrogen-bond donors (Lipinski definition) is 1. The van der Waals surface area contributed by atoms with Crippen LogP contribution in [0.4, 0.5) is 0 Å². The first-order valence-electron chi connectivity index (χ1n) is 4.46. The number of carbonyl (C=O) groups is 2. The summed E-state index contributed by atoms with van der Waals surface area (Å²) in [4.78, 5) is 22.0. The van der Waals surface area contributed by atoms with Crippen molar-refractivity contribution in [3.8, 4) is 0 Å². The largest absolute Gasteiger partial charge is 0.467 e. The van der Waals surface area contributed by atoms with Crippen LogP contribution >= 0.6 is 0 Å². The third-order valence-corrected chi connectivity index (χ3v) is 1.48. The Morgan fingerprint density at radius 2 is 1.86 bits per heavy atom. The van der Waals surface area contributed by atoms with Crippen LogP contribution in [0.25, 0.3) is 0 Å². The van der Waals surface area contributed by atoms with Gasteiger partial charge in [0.05, 0.1) is 13.2 Å². The topological polar surface area (TPSA) is 64.6 Å². The fourth-order valence-corrected chi connectivity index (χ4v) is 0.761. The highest BCUT2D eigenvalue weighted by molar-refractivity contribution is 5.84. The van der Waals surface area contributed by atoms with E-state index in [0.29, 0.717) is 0 Å². The number of esters is 1. The molecule has 0 spiro atoms. The summed E-state index contributed by atoms with van der Waals surface area (Å²) in [6.45, 7) is 5.17. The van der Waals surface area contributed by atoms with Gasteiger partial charge < -0.3 is 14.8 Å². The van der Waals surface area contributed by atoms with E-state index in [0.717, 1.165) is 0 Å². The summed E-state index contributed by atoms with van der Waals surface area (Å²) in [5.74, 6) is -0.792. The molecular weight excluding hydrogens is 186 g/mol. The third kappa shape index (κ3) is 5.53. The van der Waals surface area contributed by atoms with Crippen LogP contribution in [0, 0.1) is 0 Å². The van der Waals surface area contributed by atoms with Crippen molar-refractivity contribution in [3.05, 3.63) is 0 Å². The van der Waals surface area contributed by atoms with Gasteiger partial charge in [-0.15, -0.1) is 0 Å². The van der Waals surface area contributed by atoms with E-state index in [4.69, 9.17) is 4.74 Å². The maximum atomic E-state index is 11.1. The minimum atomic E-state index is -0.636. The second-order valence-electron chi connectivity index (χ2n) is 3.17. The van der Waals surface area contributed by atoms with Crippen LogP contribution in [0.2, 0.25) is 0 Å². The Morgan fingerprint density at radius 1 is 1.29 bits per heavy atom. The number of carbonyl (C=O) groups excluding carboxylic acids is 2. The Kier molecular flexibility index (Phi) is 5.87. The average Bonchev–Trinajstić information content (AvgIpc) is 2.13. The number of rotatable bonds is 5. The van der Waals surface area contributed by atoms with Gasteiger partial charge in [-0.05, 0) is 20.8 Å². The fourth-order valence-electron chi connectivity index (χ4n) is 0.761. The summed E-state index contributed by atoms with van der Waals surface area (Å²) in [5, 5.41) is 2.45. The van der Waals surface area contributed by atoms with E-state index in [1.165, 1.54) is 7.11 Å². The molecule has 0 unspecified atom stereocenters. The van der Waals surface area contributed by atoms with Crippen LogP contribution in [-0.2, 0) is 19.1 Å². The molecular formula is C9H17NO4. The van der Waals surface area contributed by atoms with Crippen LogP contribution in [0.15, 0.2) is 0 Å². The SMILES string of the molecule is COC(=O)[C@@H](C)NC(=O)COC(C)C. The van der Waals surface area contributed by atoms with Gasteiger partial charge in [0.15, 0.2) is 0 Å². The van der Waals surface area contributed by atoms with E-state index in [9.17, 15) is 9.59 Å². The van der Waals surface area contributed by atoms with Crippen molar-refractivity contribution in [3.63, 3.8) is 0 Å². The summed E-state index contributed by atoms with van der Waals surface area (Å²) in [6.07, 6.45) is -0.00539. The first-order valence-corrected chi connectivity index (χ1v) is 4.46. The van der Waals surface area contributed by atoms with Crippen LogP contribution in [0.1, 0.15) is 20.8 Å². The molecule has 0 aromatic rings. The van der Waals surface area contributed by atoms with E-state index in [-0.39, 0.29) is 18.6 Å². The van der Waals surface area contributed by atoms with Gasteiger partial charge in [-0.25, -0.2) is 4.79 Å². The van der Waals surface area contributed by atoms with Crippen LogP contribution < -0.4 is 5.32 Å². The molecule has 82 valence electrons. The molecule has 0 aliphatic rings. The molecule has 0 radical (unpaired) electrons. The van der Waals surface area contributed by atoms with Crippen LogP contribution in [0.5, 0.6) is 0 Å². The maximum Gasteiger partial charge on any atom is 0.328 e. The standard InChI is InChI=1S/C9H17NO4/c1-6(2)14-5-8(11)10-7(3)9(12)13-4/h6-7H,5H2,1-4H3,(H,10,11)/t7-/m1/s1. The second kappa shape index (κ2) is 6.37. The predicted molar refractivity (Wildman–Crippen MR) is 50.7 cm³/mol. The smallest absolute Gasteiger partial charge is 0.328 e. The fraction of sp³-hybridized carbons (Fsp3) is 0.778. The first-order chi connectivity index (χ1) is 6.47. The van der Waals surface area contributed by atoms with Crippen molar-refractivity contribution in [2.75, 3.05) is 13.7 Å². The van der Waals surface area contributed by atoms with E-state index in [1.54, 1.807) is 6.92 Å². The summed E-state index contributed by atoms with van der Waals surface area (Å²) in [6, 6.07) is -0.636. The molecule has 0 heterocycles. The third-order valence-electron chi connectivity index (χ3n) is 1.48. The molecule has 0 aliphatic heterocycles. The van der Waals surface area contributed by atoms with Crippen molar-refractivity contribution in [2.24, 2.45) is 0 Å². The van der Waals surface area contributed by atoms with Crippen LogP contribution in [-0.4, -0.2) is 37.7 Å². The van der Waals surface area contributed by atoms with Gasteiger partial charge >= 0.3 is 5.97 Å². The van der Waals surface area contributed by atoms with Gasteiger partial charge in [-0.2, -0.15) is 0 Å². The normalized spacial score (nSPS) is 12.4. The quantitative estimate of drug-likeness (QED) is 0.643. The van der Waals surface area contributed by atoms with Crippen molar-refractivity contribution < 1.29 is 19.1 Å². The number of hydrogen-bond acceptors (Lipinski definition) is 4. The Labute approximate surface area is 83.8 Å². The molecule has 0 bridgehead atoms. The van der Waals surface area contributed by atoms with Gasteiger partial charge in [0.25, 0.3) is 0 Å². The van der Waals surface area contributed by atoms with Crippen molar-refractivity contribution >= 4 is 11.9 Å². The maximum absolute atomic E-state index is 11.1. The molecule has 0 saturated carbocycles. The zero-order valence-electron chi connectivity index (χ0n) is 8.99. The summed E-state index contributed by atoms with van der Waals surface area (Å²) in [7, 11) is 1.27. The van der Waals surface area contributed by atoms with Gasteiger partial charge in [-0.1, -0.05) is 0 Å². The average molecular weight is 203 g/mol. The van der Waals surface area contributed by atoms with Gasteiger partial charge in [0, 0.05) is 0 Å². The second-order valence-corrected chi connectivity index (χ2v) is 3.17. The summed E-state index contributed by atoms with van der Waals surface area (Å²) < 4.78 is 9.50. The Morgan fingerprint density at radius 3 is 2.29 bits per heavy atom. The van der Waals surface area contributed by atoms with Crippen molar-refractivity contribution in [2.45, 2.75) is 32.9 Å². The van der Waals surface area contributed by atoms with Crippen molar-refractivity contribution in [1.82, 2.24) is 5.32 Å². The Hall–Kier alpha value is -1.10. The molecule has 0 aromatic carbocycles. The summed E-state index contributed by atoms with van der Waals surface area (Å²) >= 11 is 0. The van der Waals surface area contributed by atoms with Gasteiger partial charge in [0.2, 0.25) is 5.91 Å². The van der Waals surface area contributed by atoms with Crippen molar-refractivity contribution in [1.29, 1.82) is 0 Å². The minimum absolute atomic E-state index is 0.00539. The molecule has 0 aliphatic carbocycles. The molecule has 14 heavy (non-hydrogen) atoms. The Balaban J connectivity index is 3.77. The monoisotopic (exact) mass is 203 g/mol. The van der Waals surface area contributed by atoms with Crippen LogP contribution in [0.3, 0.4) is 0 Å². The zero-order valence-corrected chi connectivity index (χ0v) is 8.99. The zero-order chi connectivity index (χ0) is 11.1. The lowest BCUT2D eigenvalue weighted by Gasteiger charge is -2.12. The highest BCUT2D eigenvalue weighted by atomic mass is 16.5. The van der Waals surface area contributed by atoms with E-state index in [1.807, 2.05) is 13.8 Å². The number of nitrogens with one attached hydrogen (secondary N) is 1. The van der Waals surface area contributed by atoms with Gasteiger partial charge in [0.1, 0.15) is 12.6 Å². The van der Waals surface area contributed by atoms with E-state index >= 15 is 0 Å². The first kappa shape index (κ1) is 12.9. The molecule has 0 fully saturated rings. The summed E-state index contributed by atoms with van der Waals surface area (Å²) in [5.41, 5.74) is 0. The number of amides is 1. The molecule has 0 rings (SSSR count). The molecule has 5 nitrogen and oxygen atoms in total. The predicted octanol–water partition coefficient (Wildman–Crippen LogP) is 0.0891.